The number of benzene rings is 2. The van der Waals surface area contributed by atoms with E-state index in [2.05, 4.69) is 20.5 Å². The number of alkyl halides is 3. The van der Waals surface area contributed by atoms with Crippen molar-refractivity contribution in [1.82, 2.24) is 14.8 Å². The number of rotatable bonds is 4. The van der Waals surface area contributed by atoms with Crippen LogP contribution in [-0.2, 0) is 28.8 Å². The van der Waals surface area contributed by atoms with Crippen molar-refractivity contribution in [2.24, 2.45) is 4.99 Å². The molecule has 1 N–H and O–H groups in total. The molecule has 35 heavy (non-hydrogen) atoms. The van der Waals surface area contributed by atoms with Gasteiger partial charge in [0.05, 0.1) is 12.1 Å². The Bertz CT molecular complexity index is 1350. The Hall–Kier alpha value is -3.37. The molecule has 5 rings (SSSR count). The highest BCUT2D eigenvalue weighted by Crippen LogP contribution is 2.36. The molecule has 0 fully saturated rings. The third-order valence-electron chi connectivity index (χ3n) is 5.95. The van der Waals surface area contributed by atoms with Crippen LogP contribution >= 0.6 is 11.6 Å². The quantitative estimate of drug-likeness (QED) is 0.499. The van der Waals surface area contributed by atoms with Crippen molar-refractivity contribution in [3.63, 3.8) is 0 Å². The molecule has 0 saturated carbocycles. The maximum absolute atomic E-state index is 13.2. The second-order valence-corrected chi connectivity index (χ2v) is 8.70. The van der Waals surface area contributed by atoms with Crippen LogP contribution in [0, 0.1) is 0 Å². The van der Waals surface area contributed by atoms with Gasteiger partial charge in [0, 0.05) is 34.7 Å². The van der Waals surface area contributed by atoms with Crippen LogP contribution in [0.5, 0.6) is 0 Å². The third kappa shape index (κ3) is 4.51. The largest absolute Gasteiger partial charge is 0.475 e. The Morgan fingerprint density at radius 1 is 1.23 bits per heavy atom. The Morgan fingerprint density at radius 2 is 2.06 bits per heavy atom. The van der Waals surface area contributed by atoms with Gasteiger partial charge in [-0.15, -0.1) is 10.2 Å². The molecule has 7 nitrogen and oxygen atoms in total. The molecule has 1 aromatic heterocycles. The van der Waals surface area contributed by atoms with Crippen LogP contribution in [0.4, 0.5) is 18.9 Å². The van der Waals surface area contributed by atoms with Crippen molar-refractivity contribution < 1.29 is 22.6 Å². The zero-order valence-corrected chi connectivity index (χ0v) is 19.6. The van der Waals surface area contributed by atoms with E-state index in [0.29, 0.717) is 34.7 Å². The minimum absolute atomic E-state index is 0.153. The molecule has 11 heteroatoms. The van der Waals surface area contributed by atoms with Gasteiger partial charge in [0.2, 0.25) is 5.90 Å². The summed E-state index contributed by atoms with van der Waals surface area (Å²) >= 11 is 6.25. The number of hydrogen-bond donors (Lipinski definition) is 1. The lowest BCUT2D eigenvalue weighted by Crippen LogP contribution is -2.15. The molecule has 0 amide bonds. The summed E-state index contributed by atoms with van der Waals surface area (Å²) in [6, 6.07) is 10.1. The van der Waals surface area contributed by atoms with Crippen LogP contribution in [0.1, 0.15) is 29.9 Å². The van der Waals surface area contributed by atoms with Crippen molar-refractivity contribution in [3.8, 4) is 11.4 Å². The van der Waals surface area contributed by atoms with Gasteiger partial charge in [0.25, 0.3) is 0 Å². The monoisotopic (exact) mass is 503 g/mol. The van der Waals surface area contributed by atoms with E-state index in [1.807, 2.05) is 23.6 Å². The first kappa shape index (κ1) is 23.4. The predicted octanol–water partition coefficient (Wildman–Crippen LogP) is 5.63. The standard InChI is InChI=1S/C24H21ClF3N5O2/c1-13(23-30-20(11-35-23)14-4-3-5-15(8-14)24(26,27)28)19-10-33-21(12-34-2)31-32-22(33)17-9-16(25)6-7-18(17)29-19/h3-9,20,29H,10-12H2,1-2H3/b19-13+. The fourth-order valence-corrected chi connectivity index (χ4v) is 4.29. The second kappa shape index (κ2) is 9.01. The fourth-order valence-electron chi connectivity index (χ4n) is 4.12. The average molecular weight is 504 g/mol. The highest BCUT2D eigenvalue weighted by molar-refractivity contribution is 6.31. The van der Waals surface area contributed by atoms with E-state index in [-0.39, 0.29) is 13.2 Å². The van der Waals surface area contributed by atoms with Crippen LogP contribution in [0.2, 0.25) is 5.02 Å². The maximum atomic E-state index is 13.2. The first-order chi connectivity index (χ1) is 16.7. The van der Waals surface area contributed by atoms with E-state index in [9.17, 15) is 13.2 Å². The number of ether oxygens (including phenoxy) is 2. The topological polar surface area (TPSA) is 73.6 Å². The van der Waals surface area contributed by atoms with Gasteiger partial charge in [-0.1, -0.05) is 23.7 Å². The minimum Gasteiger partial charge on any atom is -0.475 e. The van der Waals surface area contributed by atoms with Crippen molar-refractivity contribution in [1.29, 1.82) is 0 Å². The highest BCUT2D eigenvalue weighted by atomic mass is 35.5. The first-order valence-corrected chi connectivity index (χ1v) is 11.2. The highest BCUT2D eigenvalue weighted by Gasteiger charge is 2.32. The van der Waals surface area contributed by atoms with E-state index in [0.717, 1.165) is 34.7 Å². The summed E-state index contributed by atoms with van der Waals surface area (Å²) in [5.41, 5.74) is 2.82. The molecule has 3 aromatic rings. The van der Waals surface area contributed by atoms with E-state index < -0.39 is 17.8 Å². The first-order valence-electron chi connectivity index (χ1n) is 10.8. The molecule has 182 valence electrons. The summed E-state index contributed by atoms with van der Waals surface area (Å²) in [6.07, 6.45) is -4.42. The number of nitrogens with one attached hydrogen (secondary N) is 1. The number of fused-ring (bicyclic) bond motifs is 3. The van der Waals surface area contributed by atoms with E-state index in [1.165, 1.54) is 6.07 Å². The van der Waals surface area contributed by atoms with Gasteiger partial charge in [-0.3, -0.25) is 0 Å². The molecule has 0 radical (unpaired) electrons. The van der Waals surface area contributed by atoms with Crippen LogP contribution in [0.25, 0.3) is 11.4 Å². The molecule has 1 atom stereocenters. The Morgan fingerprint density at radius 3 is 2.83 bits per heavy atom. The minimum atomic E-state index is -4.42. The molecule has 1 unspecified atom stereocenters. The number of halogens is 4. The van der Waals surface area contributed by atoms with Crippen molar-refractivity contribution in [2.45, 2.75) is 32.3 Å². The van der Waals surface area contributed by atoms with Gasteiger partial charge in [0.1, 0.15) is 19.3 Å². The van der Waals surface area contributed by atoms with Crippen LogP contribution in [-0.4, -0.2) is 34.4 Å². The number of aromatic nitrogens is 3. The molecule has 0 bridgehead atoms. The van der Waals surface area contributed by atoms with E-state index in [1.54, 1.807) is 19.2 Å². The van der Waals surface area contributed by atoms with Crippen LogP contribution in [0.3, 0.4) is 0 Å². The predicted molar refractivity (Wildman–Crippen MR) is 125 cm³/mol. The normalized spacial score (nSPS) is 18.7. The van der Waals surface area contributed by atoms with E-state index >= 15 is 0 Å². The van der Waals surface area contributed by atoms with Crippen LogP contribution < -0.4 is 5.32 Å². The van der Waals surface area contributed by atoms with Crippen molar-refractivity contribution >= 4 is 23.2 Å². The van der Waals surface area contributed by atoms with Gasteiger partial charge in [0.15, 0.2) is 11.6 Å². The SMILES string of the molecule is COCc1nnc2n1C/C(=C(/C)C1=NC(c3cccc(C(F)(F)F)c3)CO1)Nc1ccc(Cl)cc1-2. The smallest absolute Gasteiger partial charge is 0.416 e. The average Bonchev–Trinajstić information content (AvgIpc) is 3.43. The molecule has 0 spiro atoms. The summed E-state index contributed by atoms with van der Waals surface area (Å²) in [4.78, 5) is 4.60. The van der Waals surface area contributed by atoms with Crippen molar-refractivity contribution in [2.75, 3.05) is 19.0 Å². The number of aliphatic imine (C=N–C) groups is 1. The third-order valence-corrected chi connectivity index (χ3v) is 6.18. The second-order valence-electron chi connectivity index (χ2n) is 8.26. The molecular weight excluding hydrogens is 483 g/mol. The summed E-state index contributed by atoms with van der Waals surface area (Å²) in [7, 11) is 1.58. The lowest BCUT2D eigenvalue weighted by molar-refractivity contribution is -0.137. The number of allylic oxidation sites excluding steroid dienone is 1. The Kier molecular flexibility index (Phi) is 6.02. The lowest BCUT2D eigenvalue weighted by Gasteiger charge is -2.14. The molecule has 2 aromatic carbocycles. The van der Waals surface area contributed by atoms with Gasteiger partial charge in [-0.05, 0) is 42.8 Å². The molecule has 0 aliphatic carbocycles. The van der Waals surface area contributed by atoms with Gasteiger partial charge < -0.3 is 19.4 Å². The fraction of sp³-hybridized carbons (Fsp3) is 0.292. The number of nitrogens with zero attached hydrogens (tertiary/aromatic N) is 4. The summed E-state index contributed by atoms with van der Waals surface area (Å²) in [6.45, 7) is 2.66. The zero-order valence-electron chi connectivity index (χ0n) is 18.9. The Balaban J connectivity index is 1.53. The van der Waals surface area contributed by atoms with Gasteiger partial charge in [-0.2, -0.15) is 13.2 Å². The zero-order chi connectivity index (χ0) is 24.7. The number of methoxy groups -OCH3 is 1. The molecule has 2 aliphatic rings. The summed E-state index contributed by atoms with van der Waals surface area (Å²) in [5, 5.41) is 12.6. The molecular formula is C24H21ClF3N5O2. The van der Waals surface area contributed by atoms with Crippen molar-refractivity contribution in [3.05, 3.63) is 75.7 Å². The Labute approximate surface area is 204 Å². The molecule has 2 aliphatic heterocycles. The summed E-state index contributed by atoms with van der Waals surface area (Å²) < 4.78 is 52.5. The van der Waals surface area contributed by atoms with Gasteiger partial charge >= 0.3 is 6.18 Å². The number of hydrogen-bond acceptors (Lipinski definition) is 6. The van der Waals surface area contributed by atoms with Crippen LogP contribution in [0.15, 0.2) is 58.7 Å². The maximum Gasteiger partial charge on any atom is 0.416 e. The van der Waals surface area contributed by atoms with Gasteiger partial charge in [-0.25, -0.2) is 4.99 Å². The molecule has 0 saturated heterocycles. The molecule has 3 heterocycles. The lowest BCUT2D eigenvalue weighted by atomic mass is 10.0. The van der Waals surface area contributed by atoms with E-state index in [4.69, 9.17) is 21.1 Å². The summed E-state index contributed by atoms with van der Waals surface area (Å²) in [5.74, 6) is 1.65. The number of anilines is 1.